The highest BCUT2D eigenvalue weighted by Gasteiger charge is 2.28. The molecule has 0 bridgehead atoms. The molecular weight excluding hydrogens is 561 g/mol. The number of carbonyl (C=O) groups is 2. The first-order valence-electron chi connectivity index (χ1n) is 11.7. The number of anilines is 2. The van der Waals surface area contributed by atoms with Crippen LogP contribution in [0.3, 0.4) is 0 Å². The van der Waals surface area contributed by atoms with E-state index in [1.165, 1.54) is 17.0 Å². The molecule has 0 N–H and O–H groups in total. The lowest BCUT2D eigenvalue weighted by Crippen LogP contribution is -2.52. The third-order valence-electron chi connectivity index (χ3n) is 6.31. The Morgan fingerprint density at radius 2 is 1.65 bits per heavy atom. The lowest BCUT2D eigenvalue weighted by Gasteiger charge is -2.37. The first-order valence-corrected chi connectivity index (χ1v) is 14.4. The van der Waals surface area contributed by atoms with Gasteiger partial charge < -0.3 is 9.80 Å². The summed E-state index contributed by atoms with van der Waals surface area (Å²) >= 11 is 3.45. The Labute approximate surface area is 224 Å². The molecule has 194 valence electrons. The minimum Gasteiger partial charge on any atom is -0.367 e. The van der Waals surface area contributed by atoms with Crippen molar-refractivity contribution >= 4 is 49.0 Å². The van der Waals surface area contributed by atoms with Gasteiger partial charge in [0.25, 0.3) is 5.91 Å². The molecule has 0 aromatic heterocycles. The number of sulfone groups is 1. The van der Waals surface area contributed by atoms with Crippen molar-refractivity contribution in [1.82, 2.24) is 4.90 Å². The molecule has 3 aromatic carbocycles. The Kier molecular flexibility index (Phi) is 7.99. The van der Waals surface area contributed by atoms with Crippen molar-refractivity contribution in [2.75, 3.05) is 48.8 Å². The number of halogens is 2. The van der Waals surface area contributed by atoms with Crippen LogP contribution < -0.4 is 9.80 Å². The van der Waals surface area contributed by atoms with E-state index < -0.39 is 15.7 Å². The van der Waals surface area contributed by atoms with E-state index in [2.05, 4.69) is 15.9 Å². The zero-order valence-electron chi connectivity index (χ0n) is 20.5. The summed E-state index contributed by atoms with van der Waals surface area (Å²) in [5, 5.41) is 0. The summed E-state index contributed by atoms with van der Waals surface area (Å²) in [7, 11) is -3.63. The van der Waals surface area contributed by atoms with Gasteiger partial charge in [0.05, 0.1) is 10.6 Å². The zero-order chi connectivity index (χ0) is 26.7. The number of aryl methyl sites for hydroxylation is 1. The molecule has 2 amide bonds. The van der Waals surface area contributed by atoms with Crippen LogP contribution in [0.1, 0.15) is 15.9 Å². The molecule has 7 nitrogen and oxygen atoms in total. The number of benzene rings is 3. The maximum absolute atomic E-state index is 13.7. The first kappa shape index (κ1) is 26.8. The summed E-state index contributed by atoms with van der Waals surface area (Å²) in [4.78, 5) is 31.7. The van der Waals surface area contributed by atoms with E-state index in [4.69, 9.17) is 0 Å². The molecule has 1 saturated heterocycles. The average molecular weight is 588 g/mol. The highest BCUT2D eigenvalue weighted by molar-refractivity contribution is 9.10. The second kappa shape index (κ2) is 11.0. The number of hydrogen-bond acceptors (Lipinski definition) is 5. The van der Waals surface area contributed by atoms with Gasteiger partial charge in [-0.25, -0.2) is 12.8 Å². The number of amides is 2. The van der Waals surface area contributed by atoms with Gasteiger partial charge in [-0.3, -0.25) is 14.5 Å². The summed E-state index contributed by atoms with van der Waals surface area (Å²) in [5.74, 6) is -1.12. The molecule has 10 heteroatoms. The first-order chi connectivity index (χ1) is 17.5. The summed E-state index contributed by atoms with van der Waals surface area (Å²) in [6, 6.07) is 18.1. The van der Waals surface area contributed by atoms with Crippen molar-refractivity contribution in [3.05, 3.63) is 88.1 Å². The van der Waals surface area contributed by atoms with Crippen LogP contribution in [0.25, 0.3) is 0 Å². The van der Waals surface area contributed by atoms with Crippen LogP contribution in [0.4, 0.5) is 15.8 Å². The van der Waals surface area contributed by atoms with Gasteiger partial charge in [0.1, 0.15) is 12.4 Å². The van der Waals surface area contributed by atoms with Crippen LogP contribution in [0.5, 0.6) is 0 Å². The molecule has 1 aliphatic rings. The predicted octanol–water partition coefficient (Wildman–Crippen LogP) is 4.30. The van der Waals surface area contributed by atoms with Crippen molar-refractivity contribution < 1.29 is 22.4 Å². The van der Waals surface area contributed by atoms with Crippen molar-refractivity contribution in [2.45, 2.75) is 11.8 Å². The van der Waals surface area contributed by atoms with Gasteiger partial charge in [0.2, 0.25) is 5.91 Å². The van der Waals surface area contributed by atoms with Gasteiger partial charge in [-0.2, -0.15) is 0 Å². The molecule has 0 saturated carbocycles. The Bertz CT molecular complexity index is 1420. The number of carbonyl (C=O) groups excluding carboxylic acids is 2. The highest BCUT2D eigenvalue weighted by Crippen LogP contribution is 2.27. The second-order valence-corrected chi connectivity index (χ2v) is 11.8. The van der Waals surface area contributed by atoms with E-state index in [1.807, 2.05) is 36.1 Å². The van der Waals surface area contributed by atoms with E-state index in [-0.39, 0.29) is 23.3 Å². The molecular formula is C27H27BrFN3O4S. The number of hydrogen-bond donors (Lipinski definition) is 0. The highest BCUT2D eigenvalue weighted by atomic mass is 79.9. The SMILES string of the molecule is Cc1cc(C(=O)N(CC(=O)N2CCN(c3ccc(F)cc3S(C)(=O)=O)CC2)c2ccccc2)ccc1Br. The van der Waals surface area contributed by atoms with Crippen molar-refractivity contribution in [2.24, 2.45) is 0 Å². The Morgan fingerprint density at radius 1 is 0.973 bits per heavy atom. The molecule has 4 rings (SSSR count). The smallest absolute Gasteiger partial charge is 0.258 e. The Hall–Kier alpha value is -3.24. The molecule has 0 atom stereocenters. The van der Waals surface area contributed by atoms with E-state index in [9.17, 15) is 22.4 Å². The van der Waals surface area contributed by atoms with Crippen molar-refractivity contribution in [1.29, 1.82) is 0 Å². The molecule has 1 heterocycles. The van der Waals surface area contributed by atoms with Gasteiger partial charge in [-0.05, 0) is 61.0 Å². The molecule has 3 aromatic rings. The number of para-hydroxylation sites is 1. The van der Waals surface area contributed by atoms with Crippen LogP contribution in [0, 0.1) is 12.7 Å². The Balaban J connectivity index is 1.50. The molecule has 0 unspecified atom stereocenters. The minimum absolute atomic E-state index is 0.0714. The van der Waals surface area contributed by atoms with Crippen LogP contribution in [0.15, 0.2) is 76.1 Å². The molecule has 0 aliphatic carbocycles. The van der Waals surface area contributed by atoms with Gasteiger partial charge in [-0.15, -0.1) is 0 Å². The maximum atomic E-state index is 13.7. The third-order valence-corrected chi connectivity index (χ3v) is 8.32. The van der Waals surface area contributed by atoms with Crippen molar-refractivity contribution in [3.63, 3.8) is 0 Å². The molecule has 0 radical (unpaired) electrons. The fourth-order valence-electron chi connectivity index (χ4n) is 4.30. The van der Waals surface area contributed by atoms with E-state index in [0.29, 0.717) is 43.1 Å². The monoisotopic (exact) mass is 587 g/mol. The predicted molar refractivity (Wildman–Crippen MR) is 145 cm³/mol. The summed E-state index contributed by atoms with van der Waals surface area (Å²) in [5.41, 5.74) is 2.43. The van der Waals surface area contributed by atoms with Gasteiger partial charge in [0, 0.05) is 48.2 Å². The third kappa shape index (κ3) is 6.19. The largest absolute Gasteiger partial charge is 0.367 e. The standard InChI is InChI=1S/C27H27BrFN3O4S/c1-19-16-20(8-10-23(19)28)27(34)32(22-6-4-3-5-7-22)18-26(33)31-14-12-30(13-15-31)24-11-9-21(29)17-25(24)37(2,35)36/h3-11,16-17H,12-15,18H2,1-2H3. The van der Waals surface area contributed by atoms with E-state index in [0.717, 1.165) is 22.4 Å². The lowest BCUT2D eigenvalue weighted by atomic mass is 10.1. The fraction of sp³-hybridized carbons (Fsp3) is 0.259. The van der Waals surface area contributed by atoms with Crippen molar-refractivity contribution in [3.8, 4) is 0 Å². The molecule has 1 aliphatic heterocycles. The topological polar surface area (TPSA) is 78.0 Å². The number of nitrogens with zero attached hydrogens (tertiary/aromatic N) is 3. The van der Waals surface area contributed by atoms with Crippen LogP contribution in [-0.4, -0.2) is 64.1 Å². The van der Waals surface area contributed by atoms with Gasteiger partial charge >= 0.3 is 0 Å². The lowest BCUT2D eigenvalue weighted by molar-refractivity contribution is -0.129. The van der Waals surface area contributed by atoms with E-state index in [1.54, 1.807) is 29.2 Å². The summed E-state index contributed by atoms with van der Waals surface area (Å²) in [6.07, 6.45) is 1.05. The fourth-order valence-corrected chi connectivity index (χ4v) is 5.45. The normalized spacial score (nSPS) is 13.9. The van der Waals surface area contributed by atoms with Crippen LogP contribution >= 0.6 is 15.9 Å². The summed E-state index contributed by atoms with van der Waals surface area (Å²) in [6.45, 7) is 3.20. The van der Waals surface area contributed by atoms with Gasteiger partial charge in [0.15, 0.2) is 9.84 Å². The number of piperazine rings is 1. The van der Waals surface area contributed by atoms with E-state index >= 15 is 0 Å². The molecule has 37 heavy (non-hydrogen) atoms. The molecule has 1 fully saturated rings. The average Bonchev–Trinajstić information content (AvgIpc) is 2.88. The zero-order valence-corrected chi connectivity index (χ0v) is 22.9. The second-order valence-electron chi connectivity index (χ2n) is 8.94. The van der Waals surface area contributed by atoms with Gasteiger partial charge in [-0.1, -0.05) is 34.1 Å². The Morgan fingerprint density at radius 3 is 2.27 bits per heavy atom. The minimum atomic E-state index is -3.63. The van der Waals surface area contributed by atoms with Crippen LogP contribution in [-0.2, 0) is 14.6 Å². The molecule has 0 spiro atoms. The quantitative estimate of drug-likeness (QED) is 0.430. The number of rotatable bonds is 6. The maximum Gasteiger partial charge on any atom is 0.258 e. The summed E-state index contributed by atoms with van der Waals surface area (Å²) < 4.78 is 39.0. The van der Waals surface area contributed by atoms with Crippen LogP contribution in [0.2, 0.25) is 0 Å².